The number of benzene rings is 1. The van der Waals surface area contributed by atoms with Crippen LogP contribution in [-0.4, -0.2) is 40.3 Å². The SMILES string of the molecule is CNCc1nc2c(OC)cc(OC)cc2c(N(C)C)c1C. The third-order valence-electron chi connectivity index (χ3n) is 3.59. The molecule has 114 valence electrons. The zero-order chi connectivity index (χ0) is 15.6. The van der Waals surface area contributed by atoms with Crippen molar-refractivity contribution in [2.75, 3.05) is 40.3 Å². The molecule has 0 aliphatic carbocycles. The minimum Gasteiger partial charge on any atom is -0.497 e. The van der Waals surface area contributed by atoms with Gasteiger partial charge in [-0.2, -0.15) is 0 Å². The molecule has 0 atom stereocenters. The van der Waals surface area contributed by atoms with E-state index in [1.54, 1.807) is 14.2 Å². The Morgan fingerprint density at radius 3 is 2.43 bits per heavy atom. The summed E-state index contributed by atoms with van der Waals surface area (Å²) in [5.41, 5.74) is 4.19. The first kappa shape index (κ1) is 15.4. The number of pyridine rings is 1. The zero-order valence-electron chi connectivity index (χ0n) is 13.6. The number of hydrogen-bond acceptors (Lipinski definition) is 5. The van der Waals surface area contributed by atoms with E-state index in [9.17, 15) is 0 Å². The Morgan fingerprint density at radius 1 is 1.19 bits per heavy atom. The van der Waals surface area contributed by atoms with Crippen molar-refractivity contribution in [3.8, 4) is 11.5 Å². The van der Waals surface area contributed by atoms with Gasteiger partial charge in [0.15, 0.2) is 0 Å². The summed E-state index contributed by atoms with van der Waals surface area (Å²) < 4.78 is 10.9. The summed E-state index contributed by atoms with van der Waals surface area (Å²) in [6, 6.07) is 3.88. The second-order valence-electron chi connectivity index (χ2n) is 5.18. The molecule has 0 fully saturated rings. The Hall–Kier alpha value is -2.01. The molecule has 1 aromatic heterocycles. The van der Waals surface area contributed by atoms with E-state index in [-0.39, 0.29) is 0 Å². The van der Waals surface area contributed by atoms with Crippen LogP contribution >= 0.6 is 0 Å². The van der Waals surface area contributed by atoms with E-state index in [4.69, 9.17) is 14.5 Å². The number of aromatic nitrogens is 1. The van der Waals surface area contributed by atoms with Crippen molar-refractivity contribution in [3.05, 3.63) is 23.4 Å². The first-order valence-corrected chi connectivity index (χ1v) is 6.90. The zero-order valence-corrected chi connectivity index (χ0v) is 13.6. The van der Waals surface area contributed by atoms with E-state index in [1.807, 2.05) is 33.3 Å². The van der Waals surface area contributed by atoms with Gasteiger partial charge in [-0.15, -0.1) is 0 Å². The number of hydrogen-bond donors (Lipinski definition) is 1. The molecule has 1 heterocycles. The molecule has 0 bridgehead atoms. The average molecular weight is 289 g/mol. The highest BCUT2D eigenvalue weighted by molar-refractivity contribution is 5.98. The van der Waals surface area contributed by atoms with E-state index in [1.165, 1.54) is 0 Å². The van der Waals surface area contributed by atoms with Crippen molar-refractivity contribution in [1.29, 1.82) is 0 Å². The van der Waals surface area contributed by atoms with Crippen LogP contribution in [0.4, 0.5) is 5.69 Å². The van der Waals surface area contributed by atoms with Crippen LogP contribution in [0.3, 0.4) is 0 Å². The molecule has 5 nitrogen and oxygen atoms in total. The van der Waals surface area contributed by atoms with Crippen molar-refractivity contribution in [2.45, 2.75) is 13.5 Å². The number of nitrogens with zero attached hydrogens (tertiary/aromatic N) is 2. The molecule has 0 saturated heterocycles. The van der Waals surface area contributed by atoms with Gasteiger partial charge in [-0.25, -0.2) is 4.98 Å². The van der Waals surface area contributed by atoms with Gasteiger partial charge in [0.2, 0.25) is 0 Å². The van der Waals surface area contributed by atoms with Crippen LogP contribution in [0.1, 0.15) is 11.3 Å². The highest BCUT2D eigenvalue weighted by Gasteiger charge is 2.17. The normalized spacial score (nSPS) is 10.8. The highest BCUT2D eigenvalue weighted by Crippen LogP contribution is 2.37. The Morgan fingerprint density at radius 2 is 1.90 bits per heavy atom. The summed E-state index contributed by atoms with van der Waals surface area (Å²) >= 11 is 0. The van der Waals surface area contributed by atoms with Gasteiger partial charge in [-0.3, -0.25) is 0 Å². The smallest absolute Gasteiger partial charge is 0.148 e. The van der Waals surface area contributed by atoms with Crippen molar-refractivity contribution in [1.82, 2.24) is 10.3 Å². The molecule has 0 aliphatic rings. The molecule has 0 radical (unpaired) electrons. The van der Waals surface area contributed by atoms with E-state index >= 15 is 0 Å². The van der Waals surface area contributed by atoms with Crippen molar-refractivity contribution < 1.29 is 9.47 Å². The molecule has 21 heavy (non-hydrogen) atoms. The Labute approximate surface area is 125 Å². The summed E-state index contributed by atoms with van der Waals surface area (Å²) in [5.74, 6) is 1.50. The third kappa shape index (κ3) is 2.74. The van der Waals surface area contributed by atoms with E-state index in [0.717, 1.165) is 45.9 Å². The topological polar surface area (TPSA) is 46.6 Å². The summed E-state index contributed by atoms with van der Waals surface area (Å²) in [4.78, 5) is 6.89. The van der Waals surface area contributed by atoms with Gasteiger partial charge in [0.1, 0.15) is 17.0 Å². The van der Waals surface area contributed by atoms with Crippen LogP contribution in [0.5, 0.6) is 11.5 Å². The quantitative estimate of drug-likeness (QED) is 0.915. The number of fused-ring (bicyclic) bond motifs is 1. The standard InChI is InChI=1S/C16H23N3O2/c1-10-13(9-17-2)18-15-12(16(10)19(3)4)7-11(20-5)8-14(15)21-6/h7-8,17H,9H2,1-6H3. The van der Waals surface area contributed by atoms with Crippen LogP contribution in [0.15, 0.2) is 12.1 Å². The van der Waals surface area contributed by atoms with Gasteiger partial charge in [-0.05, 0) is 25.6 Å². The molecular weight excluding hydrogens is 266 g/mol. The van der Waals surface area contributed by atoms with Crippen molar-refractivity contribution in [2.24, 2.45) is 0 Å². The Kier molecular flexibility index (Phi) is 4.53. The molecule has 0 unspecified atom stereocenters. The minimum atomic E-state index is 0.720. The fourth-order valence-corrected chi connectivity index (χ4v) is 2.63. The maximum atomic E-state index is 5.50. The molecule has 1 N–H and O–H groups in total. The summed E-state index contributed by atoms with van der Waals surface area (Å²) in [5, 5.41) is 4.20. The third-order valence-corrected chi connectivity index (χ3v) is 3.59. The van der Waals surface area contributed by atoms with Crippen LogP contribution in [0, 0.1) is 6.92 Å². The summed E-state index contributed by atoms with van der Waals surface area (Å²) in [6.07, 6.45) is 0. The lowest BCUT2D eigenvalue weighted by Gasteiger charge is -2.22. The lowest BCUT2D eigenvalue weighted by atomic mass is 10.0. The predicted molar refractivity (Wildman–Crippen MR) is 86.7 cm³/mol. The van der Waals surface area contributed by atoms with Crippen LogP contribution in [0.25, 0.3) is 10.9 Å². The molecule has 0 amide bonds. The maximum absolute atomic E-state index is 5.50. The number of rotatable bonds is 5. The van der Waals surface area contributed by atoms with Crippen molar-refractivity contribution in [3.63, 3.8) is 0 Å². The molecule has 0 saturated carbocycles. The van der Waals surface area contributed by atoms with Gasteiger partial charge in [0, 0.05) is 32.1 Å². The van der Waals surface area contributed by atoms with Crippen LogP contribution in [-0.2, 0) is 6.54 Å². The van der Waals surface area contributed by atoms with Crippen molar-refractivity contribution >= 4 is 16.6 Å². The van der Waals surface area contributed by atoms with E-state index in [0.29, 0.717) is 0 Å². The second kappa shape index (κ2) is 6.18. The van der Waals surface area contributed by atoms with Gasteiger partial charge >= 0.3 is 0 Å². The van der Waals surface area contributed by atoms with Crippen LogP contribution < -0.4 is 19.7 Å². The Balaban J connectivity index is 2.88. The summed E-state index contributed by atoms with van der Waals surface area (Å²) in [7, 11) is 9.31. The first-order chi connectivity index (χ1) is 10.0. The molecule has 2 aromatic rings. The fraction of sp³-hybridized carbons (Fsp3) is 0.438. The van der Waals surface area contributed by atoms with Crippen LogP contribution in [0.2, 0.25) is 0 Å². The van der Waals surface area contributed by atoms with Gasteiger partial charge < -0.3 is 19.7 Å². The number of ether oxygens (including phenoxy) is 2. The number of nitrogens with one attached hydrogen (secondary N) is 1. The number of methoxy groups -OCH3 is 2. The monoisotopic (exact) mass is 289 g/mol. The van der Waals surface area contributed by atoms with Gasteiger partial charge in [-0.1, -0.05) is 0 Å². The van der Waals surface area contributed by atoms with Gasteiger partial charge in [0.25, 0.3) is 0 Å². The largest absolute Gasteiger partial charge is 0.497 e. The van der Waals surface area contributed by atoms with Gasteiger partial charge in [0.05, 0.1) is 25.6 Å². The molecule has 0 spiro atoms. The average Bonchev–Trinajstić information content (AvgIpc) is 2.46. The van der Waals surface area contributed by atoms with E-state index in [2.05, 4.69) is 17.1 Å². The maximum Gasteiger partial charge on any atom is 0.148 e. The Bertz CT molecular complexity index is 654. The molecule has 2 rings (SSSR count). The molecule has 5 heteroatoms. The summed E-state index contributed by atoms with van der Waals surface area (Å²) in [6.45, 7) is 2.82. The first-order valence-electron chi connectivity index (χ1n) is 6.90. The molecular formula is C16H23N3O2. The highest BCUT2D eigenvalue weighted by atomic mass is 16.5. The minimum absolute atomic E-state index is 0.720. The van der Waals surface area contributed by atoms with E-state index < -0.39 is 0 Å². The second-order valence-corrected chi connectivity index (χ2v) is 5.18. The lowest BCUT2D eigenvalue weighted by Crippen LogP contribution is -2.16. The number of anilines is 1. The predicted octanol–water partition coefficient (Wildman–Crippen LogP) is 2.35. The fourth-order valence-electron chi connectivity index (χ4n) is 2.63. The molecule has 0 aliphatic heterocycles. The lowest BCUT2D eigenvalue weighted by molar-refractivity contribution is 0.397. The molecule has 1 aromatic carbocycles.